The first-order chi connectivity index (χ1) is 9.56. The number of nitrogens with one attached hydrogen (secondary N) is 1. The molecule has 0 unspecified atom stereocenters. The summed E-state index contributed by atoms with van der Waals surface area (Å²) >= 11 is 0. The Labute approximate surface area is 116 Å². The number of methoxy groups -OCH3 is 1. The number of hydrogen-bond donors (Lipinski definition) is 2. The molecule has 20 heavy (non-hydrogen) atoms. The molecule has 0 aromatic heterocycles. The van der Waals surface area contributed by atoms with Gasteiger partial charge in [0.1, 0.15) is 0 Å². The zero-order chi connectivity index (χ0) is 14.7. The second-order valence-corrected chi connectivity index (χ2v) is 4.57. The summed E-state index contributed by atoms with van der Waals surface area (Å²) in [6.45, 7) is 2.34. The van der Waals surface area contributed by atoms with Crippen LogP contribution in [0.15, 0.2) is 18.2 Å². The van der Waals surface area contributed by atoms with E-state index in [0.29, 0.717) is 30.2 Å². The van der Waals surface area contributed by atoms with E-state index in [9.17, 15) is 9.59 Å². The Morgan fingerprint density at radius 3 is 2.65 bits per heavy atom. The highest BCUT2D eigenvalue weighted by Crippen LogP contribution is 2.40. The molecule has 2 rings (SSSR count). The molecular formula is C14H17NO5. The van der Waals surface area contributed by atoms with Gasteiger partial charge >= 0.3 is 5.97 Å². The lowest BCUT2D eigenvalue weighted by Gasteiger charge is -2.11. The van der Waals surface area contributed by atoms with Gasteiger partial charge in [0, 0.05) is 11.8 Å². The Hall–Kier alpha value is -2.24. The Morgan fingerprint density at radius 2 is 2.10 bits per heavy atom. The van der Waals surface area contributed by atoms with Crippen molar-refractivity contribution in [1.82, 2.24) is 0 Å². The predicted octanol–water partition coefficient (Wildman–Crippen LogP) is 1.75. The van der Waals surface area contributed by atoms with Gasteiger partial charge in [0.15, 0.2) is 11.5 Å². The molecule has 1 amide bonds. The van der Waals surface area contributed by atoms with E-state index in [0.717, 1.165) is 0 Å². The Kier molecular flexibility index (Phi) is 4.12. The summed E-state index contributed by atoms with van der Waals surface area (Å²) in [5.74, 6) is -1.07. The number of anilines is 1. The quantitative estimate of drug-likeness (QED) is 0.828. The van der Waals surface area contributed by atoms with Crippen LogP contribution in [0.2, 0.25) is 0 Å². The minimum absolute atomic E-state index is 0.273. The number of carbonyl (C=O) groups excluding carboxylic acids is 1. The first kappa shape index (κ1) is 14.2. The minimum Gasteiger partial charge on any atom is -0.493 e. The average molecular weight is 279 g/mol. The van der Waals surface area contributed by atoms with Gasteiger partial charge in [0.25, 0.3) is 0 Å². The lowest BCUT2D eigenvalue weighted by molar-refractivity contribution is -0.139. The van der Waals surface area contributed by atoms with Crippen molar-refractivity contribution in [2.45, 2.75) is 13.3 Å². The number of carboxylic acid groups (broad SMARTS) is 1. The third-order valence-electron chi connectivity index (χ3n) is 3.18. The molecule has 1 saturated carbocycles. The second-order valence-electron chi connectivity index (χ2n) is 4.57. The van der Waals surface area contributed by atoms with E-state index in [1.807, 2.05) is 6.92 Å². The molecule has 0 aliphatic heterocycles. The van der Waals surface area contributed by atoms with E-state index in [-0.39, 0.29) is 5.91 Å². The van der Waals surface area contributed by atoms with E-state index in [1.165, 1.54) is 7.11 Å². The molecular weight excluding hydrogens is 262 g/mol. The van der Waals surface area contributed by atoms with Crippen molar-refractivity contribution in [3.63, 3.8) is 0 Å². The van der Waals surface area contributed by atoms with Gasteiger partial charge in [0.2, 0.25) is 5.91 Å². The number of rotatable bonds is 6. The summed E-state index contributed by atoms with van der Waals surface area (Å²) in [6, 6.07) is 5.05. The highest BCUT2D eigenvalue weighted by molar-refractivity contribution is 5.98. The van der Waals surface area contributed by atoms with Gasteiger partial charge in [-0.15, -0.1) is 0 Å². The standard InChI is InChI=1S/C14H17NO5/c1-3-20-12-6-8(4-5-11(12)19-2)15-13(16)9-7-10(9)14(17)18/h4-6,9-10H,3,7H2,1-2H3,(H,15,16)(H,17,18)/t9-,10+/m1/s1. The molecule has 0 radical (unpaired) electrons. The maximum Gasteiger partial charge on any atom is 0.307 e. The first-order valence-corrected chi connectivity index (χ1v) is 6.41. The van der Waals surface area contributed by atoms with Crippen molar-refractivity contribution < 1.29 is 24.2 Å². The fourth-order valence-electron chi connectivity index (χ4n) is 2.02. The maximum atomic E-state index is 11.9. The van der Waals surface area contributed by atoms with Crippen LogP contribution in [0.4, 0.5) is 5.69 Å². The number of hydrogen-bond acceptors (Lipinski definition) is 4. The zero-order valence-electron chi connectivity index (χ0n) is 11.4. The van der Waals surface area contributed by atoms with E-state index >= 15 is 0 Å². The van der Waals surface area contributed by atoms with Gasteiger partial charge in [-0.1, -0.05) is 0 Å². The van der Waals surface area contributed by atoms with Crippen LogP contribution in [0.5, 0.6) is 11.5 Å². The Morgan fingerprint density at radius 1 is 1.35 bits per heavy atom. The molecule has 0 saturated heterocycles. The van der Waals surface area contributed by atoms with Crippen molar-refractivity contribution >= 4 is 17.6 Å². The minimum atomic E-state index is -0.921. The summed E-state index contributed by atoms with van der Waals surface area (Å²) < 4.78 is 10.6. The van der Waals surface area contributed by atoms with Crippen LogP contribution in [0, 0.1) is 11.8 Å². The zero-order valence-corrected chi connectivity index (χ0v) is 11.4. The van der Waals surface area contributed by atoms with Crippen molar-refractivity contribution in [1.29, 1.82) is 0 Å². The summed E-state index contributed by atoms with van der Waals surface area (Å²) in [7, 11) is 1.54. The van der Waals surface area contributed by atoms with Crippen molar-refractivity contribution in [2.24, 2.45) is 11.8 Å². The topological polar surface area (TPSA) is 84.9 Å². The van der Waals surface area contributed by atoms with Crippen LogP contribution < -0.4 is 14.8 Å². The molecule has 0 bridgehead atoms. The summed E-state index contributed by atoms with van der Waals surface area (Å²) in [4.78, 5) is 22.6. The molecule has 2 N–H and O–H groups in total. The highest BCUT2D eigenvalue weighted by Gasteiger charge is 2.48. The third kappa shape index (κ3) is 3.01. The van der Waals surface area contributed by atoms with Gasteiger partial charge in [-0.05, 0) is 25.5 Å². The molecule has 6 heteroatoms. The maximum absolute atomic E-state index is 11.9. The Bertz CT molecular complexity index is 528. The van der Waals surface area contributed by atoms with Crippen molar-refractivity contribution in [2.75, 3.05) is 19.0 Å². The van der Waals surface area contributed by atoms with Crippen molar-refractivity contribution in [3.8, 4) is 11.5 Å². The van der Waals surface area contributed by atoms with Gasteiger partial charge in [-0.3, -0.25) is 9.59 Å². The van der Waals surface area contributed by atoms with E-state index in [1.54, 1.807) is 18.2 Å². The smallest absolute Gasteiger partial charge is 0.307 e. The number of ether oxygens (including phenoxy) is 2. The summed E-state index contributed by atoms with van der Waals surface area (Å²) in [6.07, 6.45) is 0.398. The van der Waals surface area contributed by atoms with Gasteiger partial charge in [-0.2, -0.15) is 0 Å². The van der Waals surface area contributed by atoms with E-state index < -0.39 is 17.8 Å². The van der Waals surface area contributed by atoms with E-state index in [4.69, 9.17) is 14.6 Å². The number of amides is 1. The van der Waals surface area contributed by atoms with E-state index in [2.05, 4.69) is 5.32 Å². The number of carbonyl (C=O) groups is 2. The summed E-state index contributed by atoms with van der Waals surface area (Å²) in [5.41, 5.74) is 0.565. The molecule has 0 spiro atoms. The SMILES string of the molecule is CCOc1cc(NC(=O)[C@@H]2C[C@@H]2C(=O)O)ccc1OC. The molecule has 1 fully saturated rings. The lowest BCUT2D eigenvalue weighted by atomic mass is 10.2. The largest absolute Gasteiger partial charge is 0.493 e. The normalized spacial score (nSPS) is 20.1. The van der Waals surface area contributed by atoms with Gasteiger partial charge < -0.3 is 19.9 Å². The van der Waals surface area contributed by atoms with Crippen LogP contribution >= 0.6 is 0 Å². The molecule has 6 nitrogen and oxygen atoms in total. The van der Waals surface area contributed by atoms with Crippen molar-refractivity contribution in [3.05, 3.63) is 18.2 Å². The molecule has 1 aromatic rings. The van der Waals surface area contributed by atoms with Crippen LogP contribution in [0.1, 0.15) is 13.3 Å². The molecule has 2 atom stereocenters. The number of aliphatic carboxylic acids is 1. The fraction of sp³-hybridized carbons (Fsp3) is 0.429. The van der Waals surface area contributed by atoms with Crippen LogP contribution in [0.25, 0.3) is 0 Å². The molecule has 1 aromatic carbocycles. The molecule has 108 valence electrons. The fourth-order valence-corrected chi connectivity index (χ4v) is 2.02. The van der Waals surface area contributed by atoms with Gasteiger partial charge in [0.05, 0.1) is 25.6 Å². The lowest BCUT2D eigenvalue weighted by Crippen LogP contribution is -2.16. The average Bonchev–Trinajstić information content (AvgIpc) is 3.20. The van der Waals surface area contributed by atoms with Gasteiger partial charge in [-0.25, -0.2) is 0 Å². The van der Waals surface area contributed by atoms with Crippen LogP contribution in [-0.2, 0) is 9.59 Å². The first-order valence-electron chi connectivity index (χ1n) is 6.41. The number of carboxylic acids is 1. The highest BCUT2D eigenvalue weighted by atomic mass is 16.5. The summed E-state index contributed by atoms with van der Waals surface area (Å²) in [5, 5.41) is 11.5. The van der Waals surface area contributed by atoms with Crippen LogP contribution in [0.3, 0.4) is 0 Å². The molecule has 1 aliphatic rings. The molecule has 0 heterocycles. The monoisotopic (exact) mass is 279 g/mol. The second kappa shape index (κ2) is 5.81. The predicted molar refractivity (Wildman–Crippen MR) is 72.0 cm³/mol. The van der Waals surface area contributed by atoms with Crippen LogP contribution in [-0.4, -0.2) is 30.7 Å². The third-order valence-corrected chi connectivity index (χ3v) is 3.18. The number of benzene rings is 1. The molecule has 1 aliphatic carbocycles. The Balaban J connectivity index is 2.04.